The van der Waals surface area contributed by atoms with Crippen molar-refractivity contribution in [3.05, 3.63) is 30.1 Å². The lowest BCUT2D eigenvalue weighted by Gasteiger charge is -2.27. The maximum atomic E-state index is 12.0. The van der Waals surface area contributed by atoms with Crippen LogP contribution in [0.3, 0.4) is 0 Å². The van der Waals surface area contributed by atoms with E-state index in [0.29, 0.717) is 5.69 Å². The first-order valence-electron chi connectivity index (χ1n) is 6.41. The van der Waals surface area contributed by atoms with Crippen LogP contribution in [0.4, 0.5) is 0 Å². The minimum atomic E-state index is 0.177. The van der Waals surface area contributed by atoms with E-state index in [2.05, 4.69) is 16.9 Å². The van der Waals surface area contributed by atoms with Gasteiger partial charge in [-0.1, -0.05) is 19.9 Å². The first-order valence-corrected chi connectivity index (χ1v) is 6.41. The highest BCUT2D eigenvalue weighted by molar-refractivity contribution is 5.96. The van der Waals surface area contributed by atoms with Crippen LogP contribution in [0.1, 0.15) is 37.2 Å². The Morgan fingerprint density at radius 3 is 2.47 bits per heavy atom. The van der Waals surface area contributed by atoms with Gasteiger partial charge in [0.2, 0.25) is 0 Å². The van der Waals surface area contributed by atoms with E-state index in [1.165, 1.54) is 0 Å². The van der Waals surface area contributed by atoms with Crippen molar-refractivity contribution in [3.63, 3.8) is 0 Å². The Morgan fingerprint density at radius 1 is 1.29 bits per heavy atom. The Bertz CT molecular complexity index is 329. The number of piperidine rings is 1. The van der Waals surface area contributed by atoms with Crippen molar-refractivity contribution < 1.29 is 4.79 Å². The molecule has 1 saturated heterocycles. The molecule has 0 bridgehead atoms. The van der Waals surface area contributed by atoms with Crippen LogP contribution in [0.25, 0.3) is 0 Å². The number of likely N-dealkylation sites (tertiary alicyclic amines) is 1. The van der Waals surface area contributed by atoms with Gasteiger partial charge in [-0.3, -0.25) is 9.78 Å². The monoisotopic (exact) mass is 234 g/mol. The zero-order valence-corrected chi connectivity index (χ0v) is 11.0. The summed E-state index contributed by atoms with van der Waals surface area (Å²) >= 11 is 0. The normalized spacial score (nSPS) is 17.1. The third-order valence-electron chi connectivity index (χ3n) is 3.01. The SMILES string of the molecule is CC.CN1CCC(C(=O)c2ccccn2)CC1. The number of ketones is 1. The van der Waals surface area contributed by atoms with E-state index in [4.69, 9.17) is 0 Å². The number of rotatable bonds is 2. The van der Waals surface area contributed by atoms with Crippen LogP contribution in [0.2, 0.25) is 0 Å². The Balaban J connectivity index is 0.000000686. The van der Waals surface area contributed by atoms with E-state index in [9.17, 15) is 4.79 Å². The molecule has 94 valence electrons. The number of carbonyl (C=O) groups is 1. The molecule has 1 aliphatic heterocycles. The van der Waals surface area contributed by atoms with Gasteiger partial charge in [-0.15, -0.1) is 0 Å². The maximum absolute atomic E-state index is 12.0. The van der Waals surface area contributed by atoms with Crippen LogP contribution in [-0.2, 0) is 0 Å². The fraction of sp³-hybridized carbons (Fsp3) is 0.571. The van der Waals surface area contributed by atoms with Crippen LogP contribution in [0.5, 0.6) is 0 Å². The minimum absolute atomic E-state index is 0.177. The summed E-state index contributed by atoms with van der Waals surface area (Å²) in [4.78, 5) is 18.4. The van der Waals surface area contributed by atoms with Gasteiger partial charge in [0, 0.05) is 12.1 Å². The number of aromatic nitrogens is 1. The average molecular weight is 234 g/mol. The lowest BCUT2D eigenvalue weighted by atomic mass is 9.91. The van der Waals surface area contributed by atoms with Gasteiger partial charge in [-0.25, -0.2) is 0 Å². The molecule has 0 aliphatic carbocycles. The molecule has 2 heterocycles. The molecule has 3 heteroatoms. The summed E-state index contributed by atoms with van der Waals surface area (Å²) in [5, 5.41) is 0. The molecule has 0 N–H and O–H groups in total. The Hall–Kier alpha value is -1.22. The Kier molecular flexibility index (Phi) is 5.84. The van der Waals surface area contributed by atoms with Crippen LogP contribution < -0.4 is 0 Å². The summed E-state index contributed by atoms with van der Waals surface area (Å²) in [6, 6.07) is 5.52. The first-order chi connectivity index (χ1) is 8.27. The predicted molar refractivity (Wildman–Crippen MR) is 70.1 cm³/mol. The number of hydrogen-bond donors (Lipinski definition) is 0. The molecular formula is C14H22N2O. The maximum Gasteiger partial charge on any atom is 0.184 e. The van der Waals surface area contributed by atoms with E-state index < -0.39 is 0 Å². The summed E-state index contributed by atoms with van der Waals surface area (Å²) in [6.45, 7) is 6.03. The van der Waals surface area contributed by atoms with Crippen LogP contribution in [0.15, 0.2) is 24.4 Å². The zero-order chi connectivity index (χ0) is 12.7. The number of nitrogens with zero attached hydrogens (tertiary/aromatic N) is 2. The van der Waals surface area contributed by atoms with Crippen LogP contribution in [0, 0.1) is 5.92 Å². The number of Topliss-reactive ketones (excluding diaryl/α,β-unsaturated/α-hetero) is 1. The standard InChI is InChI=1S/C12H16N2O.C2H6/c1-14-8-5-10(6-9-14)12(15)11-4-2-3-7-13-11;1-2/h2-4,7,10H,5-6,8-9H2,1H3;1-2H3. The fourth-order valence-electron chi connectivity index (χ4n) is 1.99. The summed E-state index contributed by atoms with van der Waals surface area (Å²) in [5.41, 5.74) is 0.618. The van der Waals surface area contributed by atoms with Crippen molar-refractivity contribution in [2.45, 2.75) is 26.7 Å². The Morgan fingerprint density at radius 2 is 1.94 bits per heavy atom. The van der Waals surface area contributed by atoms with Gasteiger partial charge in [0.1, 0.15) is 5.69 Å². The van der Waals surface area contributed by atoms with Crippen molar-refractivity contribution in [1.82, 2.24) is 9.88 Å². The average Bonchev–Trinajstić information content (AvgIpc) is 2.42. The van der Waals surface area contributed by atoms with Crippen molar-refractivity contribution in [2.24, 2.45) is 5.92 Å². The van der Waals surface area contributed by atoms with E-state index in [-0.39, 0.29) is 11.7 Å². The van der Waals surface area contributed by atoms with Crippen molar-refractivity contribution in [1.29, 1.82) is 0 Å². The lowest BCUT2D eigenvalue weighted by molar-refractivity contribution is 0.0851. The highest BCUT2D eigenvalue weighted by atomic mass is 16.1. The van der Waals surface area contributed by atoms with Crippen molar-refractivity contribution in [3.8, 4) is 0 Å². The number of pyridine rings is 1. The first kappa shape index (κ1) is 13.8. The third kappa shape index (κ3) is 3.93. The Labute approximate surface area is 104 Å². The van der Waals surface area contributed by atoms with Crippen molar-refractivity contribution in [2.75, 3.05) is 20.1 Å². The molecule has 0 saturated carbocycles. The van der Waals surface area contributed by atoms with E-state index in [0.717, 1.165) is 25.9 Å². The molecule has 1 aromatic heterocycles. The molecule has 1 aromatic rings. The van der Waals surface area contributed by atoms with Gasteiger partial charge in [0.15, 0.2) is 5.78 Å². The van der Waals surface area contributed by atoms with Gasteiger partial charge in [0.05, 0.1) is 0 Å². The predicted octanol–water partition coefficient (Wildman–Crippen LogP) is 2.63. The molecule has 3 nitrogen and oxygen atoms in total. The highest BCUT2D eigenvalue weighted by Crippen LogP contribution is 2.19. The molecule has 1 fully saturated rings. The van der Waals surface area contributed by atoms with Gasteiger partial charge < -0.3 is 4.90 Å². The molecule has 2 rings (SSSR count). The highest BCUT2D eigenvalue weighted by Gasteiger charge is 2.24. The van der Waals surface area contributed by atoms with Crippen LogP contribution in [-0.4, -0.2) is 35.8 Å². The molecule has 0 spiro atoms. The minimum Gasteiger partial charge on any atom is -0.306 e. The second kappa shape index (κ2) is 7.17. The second-order valence-corrected chi connectivity index (χ2v) is 4.16. The zero-order valence-electron chi connectivity index (χ0n) is 11.0. The molecule has 0 radical (unpaired) electrons. The molecule has 0 unspecified atom stereocenters. The van der Waals surface area contributed by atoms with Gasteiger partial charge in [-0.05, 0) is 45.1 Å². The van der Waals surface area contributed by atoms with Gasteiger partial charge >= 0.3 is 0 Å². The topological polar surface area (TPSA) is 33.2 Å². The molecule has 17 heavy (non-hydrogen) atoms. The molecule has 0 atom stereocenters. The van der Waals surface area contributed by atoms with E-state index in [1.54, 1.807) is 12.3 Å². The molecule has 0 amide bonds. The van der Waals surface area contributed by atoms with E-state index in [1.807, 2.05) is 26.0 Å². The number of hydrogen-bond acceptors (Lipinski definition) is 3. The third-order valence-corrected chi connectivity index (χ3v) is 3.01. The van der Waals surface area contributed by atoms with Gasteiger partial charge in [-0.2, -0.15) is 0 Å². The smallest absolute Gasteiger partial charge is 0.184 e. The molecular weight excluding hydrogens is 212 g/mol. The quantitative estimate of drug-likeness (QED) is 0.738. The van der Waals surface area contributed by atoms with Crippen LogP contribution >= 0.6 is 0 Å². The summed E-state index contributed by atoms with van der Waals surface area (Å²) < 4.78 is 0. The lowest BCUT2D eigenvalue weighted by Crippen LogP contribution is -2.33. The summed E-state index contributed by atoms with van der Waals surface area (Å²) in [7, 11) is 2.10. The van der Waals surface area contributed by atoms with Crippen molar-refractivity contribution >= 4 is 5.78 Å². The van der Waals surface area contributed by atoms with Gasteiger partial charge in [0.25, 0.3) is 0 Å². The summed E-state index contributed by atoms with van der Waals surface area (Å²) in [6.07, 6.45) is 3.61. The molecule has 0 aromatic carbocycles. The summed E-state index contributed by atoms with van der Waals surface area (Å²) in [5.74, 6) is 0.389. The molecule has 1 aliphatic rings. The fourth-order valence-corrected chi connectivity index (χ4v) is 1.99. The second-order valence-electron chi connectivity index (χ2n) is 4.16. The van der Waals surface area contributed by atoms with E-state index >= 15 is 0 Å². The number of carbonyl (C=O) groups excluding carboxylic acids is 1. The largest absolute Gasteiger partial charge is 0.306 e.